The van der Waals surface area contributed by atoms with Crippen molar-refractivity contribution in [3.8, 4) is 28.6 Å². The Balaban J connectivity index is 1.23. The van der Waals surface area contributed by atoms with Crippen molar-refractivity contribution in [3.63, 3.8) is 0 Å². The van der Waals surface area contributed by atoms with E-state index in [2.05, 4.69) is 20.3 Å². The van der Waals surface area contributed by atoms with Crippen LogP contribution in [0.1, 0.15) is 25.3 Å². The first-order valence-electron chi connectivity index (χ1n) is 11.8. The second kappa shape index (κ2) is 9.94. The molecule has 2 aliphatic heterocycles. The Morgan fingerprint density at radius 1 is 0.889 bits per heavy atom. The molecular formula is C25H28N6O5. The molecule has 0 aliphatic carbocycles. The first kappa shape index (κ1) is 23.7. The molecule has 0 radical (unpaired) electrons. The maximum absolute atomic E-state index is 13.2. The van der Waals surface area contributed by atoms with Crippen LogP contribution < -0.4 is 19.1 Å². The number of tetrazole rings is 1. The van der Waals surface area contributed by atoms with Gasteiger partial charge in [-0.1, -0.05) is 0 Å². The first-order valence-corrected chi connectivity index (χ1v) is 11.8. The Hall–Kier alpha value is -3.99. The highest BCUT2D eigenvalue weighted by Crippen LogP contribution is 2.32. The molecule has 36 heavy (non-hydrogen) atoms. The minimum Gasteiger partial charge on any atom is -0.497 e. The van der Waals surface area contributed by atoms with Crippen LogP contribution in [0.5, 0.6) is 17.2 Å². The lowest BCUT2D eigenvalue weighted by Gasteiger charge is -2.34. The number of ether oxygens (including phenoxy) is 3. The number of likely N-dealkylation sites (tertiary alicyclic amines) is 1. The summed E-state index contributed by atoms with van der Waals surface area (Å²) in [6.07, 6.45) is 1.69. The van der Waals surface area contributed by atoms with Crippen molar-refractivity contribution < 1.29 is 23.8 Å². The molecule has 3 aromatic rings. The normalized spacial score (nSPS) is 19.1. The van der Waals surface area contributed by atoms with Gasteiger partial charge in [0, 0.05) is 18.7 Å². The summed E-state index contributed by atoms with van der Waals surface area (Å²) in [6.45, 7) is 1.33. The number of nitrogens with zero attached hydrogens (tertiary/aromatic N) is 6. The van der Waals surface area contributed by atoms with E-state index in [0.717, 1.165) is 18.4 Å². The van der Waals surface area contributed by atoms with Gasteiger partial charge in [-0.05, 0) is 60.5 Å². The summed E-state index contributed by atoms with van der Waals surface area (Å²) < 4.78 is 15.8. The van der Waals surface area contributed by atoms with Crippen LogP contribution in [-0.4, -0.2) is 77.4 Å². The zero-order valence-electron chi connectivity index (χ0n) is 20.5. The summed E-state index contributed by atoms with van der Waals surface area (Å²) in [6, 6.07) is 12.1. The van der Waals surface area contributed by atoms with Crippen molar-refractivity contribution in [1.82, 2.24) is 25.1 Å². The van der Waals surface area contributed by atoms with Gasteiger partial charge in [-0.15, -0.1) is 10.2 Å². The molecule has 2 aliphatic rings. The molecule has 3 heterocycles. The molecule has 1 atom stereocenters. The maximum Gasteiger partial charge on any atom is 0.251 e. The fourth-order valence-electron chi connectivity index (χ4n) is 4.80. The number of hydrogen-bond donors (Lipinski definition) is 0. The van der Waals surface area contributed by atoms with Gasteiger partial charge in [-0.2, -0.15) is 4.80 Å². The summed E-state index contributed by atoms with van der Waals surface area (Å²) in [5.41, 5.74) is 1.35. The highest BCUT2D eigenvalue weighted by atomic mass is 16.5. The lowest BCUT2D eigenvalue weighted by Crippen LogP contribution is -2.46. The van der Waals surface area contributed by atoms with E-state index in [1.807, 2.05) is 18.2 Å². The van der Waals surface area contributed by atoms with Gasteiger partial charge in [0.1, 0.15) is 5.75 Å². The highest BCUT2D eigenvalue weighted by Gasteiger charge is 2.43. The van der Waals surface area contributed by atoms with Gasteiger partial charge in [0.25, 0.3) is 5.91 Å². The molecule has 1 aromatic heterocycles. The molecule has 0 bridgehead atoms. The fourth-order valence-corrected chi connectivity index (χ4v) is 4.80. The summed E-state index contributed by atoms with van der Waals surface area (Å²) >= 11 is 0. The Kier molecular flexibility index (Phi) is 6.55. The van der Waals surface area contributed by atoms with Crippen LogP contribution in [0, 0.1) is 0 Å². The number of imide groups is 1. The largest absolute Gasteiger partial charge is 0.497 e. The van der Waals surface area contributed by atoms with Crippen molar-refractivity contribution in [2.24, 2.45) is 0 Å². The molecule has 5 rings (SSSR count). The molecule has 2 amide bonds. The number of hydrogen-bond acceptors (Lipinski definition) is 9. The third-order valence-corrected chi connectivity index (χ3v) is 6.79. The van der Waals surface area contributed by atoms with Gasteiger partial charge in [-0.25, -0.2) is 4.90 Å². The zero-order valence-corrected chi connectivity index (χ0v) is 20.5. The number of carbonyl (C=O) groups is 2. The third kappa shape index (κ3) is 4.37. The molecule has 2 fully saturated rings. The van der Waals surface area contributed by atoms with Gasteiger partial charge in [0.2, 0.25) is 11.7 Å². The molecule has 11 nitrogen and oxygen atoms in total. The van der Waals surface area contributed by atoms with E-state index < -0.39 is 6.04 Å². The molecule has 2 aromatic carbocycles. The second-order valence-electron chi connectivity index (χ2n) is 8.76. The Labute approximate surface area is 208 Å². The average molecular weight is 493 g/mol. The molecule has 188 valence electrons. The summed E-state index contributed by atoms with van der Waals surface area (Å²) in [7, 11) is 4.75. The van der Waals surface area contributed by atoms with Crippen LogP contribution in [0.3, 0.4) is 0 Å². The second-order valence-corrected chi connectivity index (χ2v) is 8.76. The number of methoxy groups -OCH3 is 3. The Morgan fingerprint density at radius 2 is 1.61 bits per heavy atom. The summed E-state index contributed by atoms with van der Waals surface area (Å²) in [5, 5.41) is 13.1. The van der Waals surface area contributed by atoms with Gasteiger partial charge in [0.05, 0.1) is 45.5 Å². The van der Waals surface area contributed by atoms with Gasteiger partial charge >= 0.3 is 0 Å². The van der Waals surface area contributed by atoms with Crippen molar-refractivity contribution in [2.75, 3.05) is 39.3 Å². The molecule has 0 N–H and O–H groups in total. The van der Waals surface area contributed by atoms with Crippen LogP contribution >= 0.6 is 0 Å². The minimum absolute atomic E-state index is 0.0625. The third-order valence-electron chi connectivity index (χ3n) is 6.79. The van der Waals surface area contributed by atoms with Crippen LogP contribution in [0.25, 0.3) is 11.4 Å². The fraction of sp³-hybridized carbons (Fsp3) is 0.400. The van der Waals surface area contributed by atoms with E-state index in [-0.39, 0.29) is 24.3 Å². The smallest absolute Gasteiger partial charge is 0.251 e. The molecule has 0 spiro atoms. The van der Waals surface area contributed by atoms with Crippen molar-refractivity contribution >= 4 is 17.5 Å². The van der Waals surface area contributed by atoms with Crippen molar-refractivity contribution in [2.45, 2.75) is 31.3 Å². The number of piperidine rings is 1. The van der Waals surface area contributed by atoms with E-state index in [0.29, 0.717) is 41.8 Å². The van der Waals surface area contributed by atoms with Gasteiger partial charge < -0.3 is 14.2 Å². The number of anilines is 1. The molecule has 2 saturated heterocycles. The zero-order chi connectivity index (χ0) is 25.2. The van der Waals surface area contributed by atoms with E-state index in [1.165, 1.54) is 4.90 Å². The van der Waals surface area contributed by atoms with Crippen LogP contribution in [0.15, 0.2) is 42.5 Å². The minimum atomic E-state index is -0.452. The lowest BCUT2D eigenvalue weighted by atomic mass is 10.0. The first-order chi connectivity index (χ1) is 17.5. The maximum atomic E-state index is 13.2. The topological polar surface area (TPSA) is 112 Å². The Morgan fingerprint density at radius 3 is 2.28 bits per heavy atom. The molecular weight excluding hydrogens is 464 g/mol. The van der Waals surface area contributed by atoms with Crippen LogP contribution in [0.2, 0.25) is 0 Å². The van der Waals surface area contributed by atoms with Gasteiger partial charge in [-0.3, -0.25) is 14.5 Å². The lowest BCUT2D eigenvalue weighted by molar-refractivity contribution is -0.123. The number of carbonyl (C=O) groups excluding carboxylic acids is 2. The van der Waals surface area contributed by atoms with Crippen molar-refractivity contribution in [1.29, 1.82) is 0 Å². The Bertz CT molecular complexity index is 1250. The van der Waals surface area contributed by atoms with E-state index in [9.17, 15) is 9.59 Å². The molecule has 1 unspecified atom stereocenters. The van der Waals surface area contributed by atoms with E-state index in [4.69, 9.17) is 14.2 Å². The molecule has 0 saturated carbocycles. The summed E-state index contributed by atoms with van der Waals surface area (Å²) in [4.78, 5) is 30.9. The molecule has 11 heteroatoms. The highest BCUT2D eigenvalue weighted by molar-refractivity contribution is 6.22. The van der Waals surface area contributed by atoms with E-state index in [1.54, 1.807) is 50.4 Å². The standard InChI is InChI=1S/C25H28N6O5/c1-34-19-7-5-17(6-8-19)30-23(32)15-20(25(30)33)29-12-10-18(11-13-29)31-27-24(26-28-31)16-4-9-21(35-2)22(14-16)36-3/h4-9,14,18,20H,10-13,15H2,1-3H3. The SMILES string of the molecule is COc1ccc(N2C(=O)CC(N3CCC(n4nnc(-c5ccc(OC)c(OC)c5)n4)CC3)C2=O)cc1. The predicted molar refractivity (Wildman–Crippen MR) is 130 cm³/mol. The van der Waals surface area contributed by atoms with E-state index >= 15 is 0 Å². The number of benzene rings is 2. The number of amides is 2. The van der Waals surface area contributed by atoms with Gasteiger partial charge in [0.15, 0.2) is 11.5 Å². The average Bonchev–Trinajstić information content (AvgIpc) is 3.53. The predicted octanol–water partition coefficient (Wildman–Crippen LogP) is 2.33. The quantitative estimate of drug-likeness (QED) is 0.459. The van der Waals surface area contributed by atoms with Crippen LogP contribution in [-0.2, 0) is 9.59 Å². The monoisotopic (exact) mass is 492 g/mol. The summed E-state index contributed by atoms with van der Waals surface area (Å²) in [5.74, 6) is 2.04. The van der Waals surface area contributed by atoms with Crippen LogP contribution in [0.4, 0.5) is 5.69 Å². The number of rotatable bonds is 7. The van der Waals surface area contributed by atoms with Crippen molar-refractivity contribution in [3.05, 3.63) is 42.5 Å². The number of aromatic nitrogens is 4.